The molecule has 2 aromatic carbocycles. The summed E-state index contributed by atoms with van der Waals surface area (Å²) in [5.41, 5.74) is 0.581. The van der Waals surface area contributed by atoms with E-state index in [9.17, 15) is 19.2 Å². The Hall–Kier alpha value is -4.01. The van der Waals surface area contributed by atoms with Crippen molar-refractivity contribution in [3.05, 3.63) is 69.8 Å². The van der Waals surface area contributed by atoms with Crippen LogP contribution in [0.25, 0.3) is 10.9 Å². The molecule has 0 aliphatic rings. The van der Waals surface area contributed by atoms with Gasteiger partial charge in [0, 0.05) is 12.0 Å². The molecule has 0 aliphatic carbocycles. The molecule has 0 atom stereocenters. The molecular weight excluding hydrogens is 452 g/mol. The minimum Gasteiger partial charge on any atom is -0.494 e. The van der Waals surface area contributed by atoms with E-state index in [2.05, 4.69) is 21.6 Å². The Morgan fingerprint density at radius 2 is 1.71 bits per heavy atom. The zero-order valence-electron chi connectivity index (χ0n) is 19.8. The van der Waals surface area contributed by atoms with Gasteiger partial charge in [0.05, 0.1) is 36.6 Å². The van der Waals surface area contributed by atoms with E-state index in [-0.39, 0.29) is 47.5 Å². The number of methoxy groups -OCH3 is 1. The molecule has 0 saturated heterocycles. The summed E-state index contributed by atoms with van der Waals surface area (Å²) >= 11 is 0. The Morgan fingerprint density at radius 1 is 0.971 bits per heavy atom. The summed E-state index contributed by atoms with van der Waals surface area (Å²) in [4.78, 5) is 55.3. The fourth-order valence-corrected chi connectivity index (χ4v) is 3.36. The average molecular weight is 481 g/mol. The lowest BCUT2D eigenvalue weighted by Crippen LogP contribution is -2.15. The number of rotatable bonds is 12. The van der Waals surface area contributed by atoms with Crippen LogP contribution in [0.5, 0.6) is 5.75 Å². The molecule has 0 saturated carbocycles. The molecule has 3 aromatic rings. The summed E-state index contributed by atoms with van der Waals surface area (Å²) in [6, 6.07) is 11.2. The monoisotopic (exact) mass is 480 g/mol. The first kappa shape index (κ1) is 25.6. The molecule has 9 nitrogen and oxygen atoms in total. The van der Waals surface area contributed by atoms with Crippen LogP contribution in [0.3, 0.4) is 0 Å². The SMILES string of the molecule is CCCCCOc1ccc(C(=O)CCC(=O)OCc2nc3cc(C(=O)OC)ccc3c(=O)[nH]2)cc1. The standard InChI is InChI=1S/C26H28N2O7/c1-3-4-5-14-34-19-9-6-17(7-10-19)22(29)12-13-24(30)35-16-23-27-21-15-18(26(32)33-2)8-11-20(21)25(31)28-23/h6-11,15H,3-5,12-14,16H2,1-2H3,(H,27,28,31). The number of nitrogens with one attached hydrogen (secondary N) is 1. The lowest BCUT2D eigenvalue weighted by atomic mass is 10.1. The van der Waals surface area contributed by atoms with Gasteiger partial charge in [0.1, 0.15) is 18.2 Å². The second-order valence-corrected chi connectivity index (χ2v) is 7.90. The van der Waals surface area contributed by atoms with Crippen LogP contribution < -0.4 is 10.3 Å². The van der Waals surface area contributed by atoms with Gasteiger partial charge in [0.25, 0.3) is 5.56 Å². The number of H-pyrrole nitrogens is 1. The summed E-state index contributed by atoms with van der Waals surface area (Å²) in [6.45, 7) is 2.49. The first-order chi connectivity index (χ1) is 16.9. The van der Waals surface area contributed by atoms with Crippen LogP contribution in [0, 0.1) is 0 Å². The first-order valence-corrected chi connectivity index (χ1v) is 11.4. The highest BCUT2D eigenvalue weighted by Crippen LogP contribution is 2.15. The van der Waals surface area contributed by atoms with Gasteiger partial charge in [0.15, 0.2) is 5.78 Å². The van der Waals surface area contributed by atoms with E-state index in [0.717, 1.165) is 19.3 Å². The van der Waals surface area contributed by atoms with Gasteiger partial charge < -0.3 is 19.2 Å². The van der Waals surface area contributed by atoms with Gasteiger partial charge in [0.2, 0.25) is 0 Å². The number of ketones is 1. The van der Waals surface area contributed by atoms with E-state index in [1.54, 1.807) is 24.3 Å². The number of hydrogen-bond acceptors (Lipinski definition) is 8. The molecule has 1 aromatic heterocycles. The van der Waals surface area contributed by atoms with E-state index >= 15 is 0 Å². The highest BCUT2D eigenvalue weighted by molar-refractivity contribution is 5.97. The van der Waals surface area contributed by atoms with Crippen LogP contribution in [0.1, 0.15) is 65.6 Å². The fraction of sp³-hybridized carbons (Fsp3) is 0.346. The number of ether oxygens (including phenoxy) is 3. The molecule has 0 fully saturated rings. The van der Waals surface area contributed by atoms with Crippen LogP contribution in [0.4, 0.5) is 0 Å². The van der Waals surface area contributed by atoms with Gasteiger partial charge in [-0.05, 0) is 48.9 Å². The van der Waals surface area contributed by atoms with Crippen molar-refractivity contribution in [3.63, 3.8) is 0 Å². The normalized spacial score (nSPS) is 10.7. The van der Waals surface area contributed by atoms with Crippen molar-refractivity contribution in [2.24, 2.45) is 0 Å². The third kappa shape index (κ3) is 7.23. The van der Waals surface area contributed by atoms with Gasteiger partial charge in [-0.25, -0.2) is 9.78 Å². The molecule has 0 radical (unpaired) electrons. The topological polar surface area (TPSA) is 125 Å². The van der Waals surface area contributed by atoms with Crippen LogP contribution in [0.15, 0.2) is 47.3 Å². The number of fused-ring (bicyclic) bond motifs is 1. The van der Waals surface area contributed by atoms with Crippen molar-refractivity contribution in [1.82, 2.24) is 9.97 Å². The van der Waals surface area contributed by atoms with E-state index in [4.69, 9.17) is 9.47 Å². The third-order valence-electron chi connectivity index (χ3n) is 5.30. The van der Waals surface area contributed by atoms with Crippen molar-refractivity contribution in [2.75, 3.05) is 13.7 Å². The van der Waals surface area contributed by atoms with Crippen molar-refractivity contribution < 1.29 is 28.6 Å². The fourth-order valence-electron chi connectivity index (χ4n) is 3.36. The maximum atomic E-state index is 12.4. The van der Waals surface area contributed by atoms with Crippen molar-refractivity contribution in [3.8, 4) is 5.75 Å². The summed E-state index contributed by atoms with van der Waals surface area (Å²) in [6.07, 6.45) is 3.08. The molecule has 3 rings (SSSR count). The van der Waals surface area contributed by atoms with Crippen LogP contribution >= 0.6 is 0 Å². The molecule has 1 N–H and O–H groups in total. The summed E-state index contributed by atoms with van der Waals surface area (Å²) in [7, 11) is 1.26. The Bertz CT molecular complexity index is 1250. The van der Waals surface area contributed by atoms with Crippen LogP contribution in [-0.2, 0) is 20.9 Å². The third-order valence-corrected chi connectivity index (χ3v) is 5.30. The van der Waals surface area contributed by atoms with Gasteiger partial charge >= 0.3 is 11.9 Å². The molecule has 0 amide bonds. The largest absolute Gasteiger partial charge is 0.494 e. The molecule has 9 heteroatoms. The molecule has 35 heavy (non-hydrogen) atoms. The molecule has 0 bridgehead atoms. The highest BCUT2D eigenvalue weighted by atomic mass is 16.5. The zero-order chi connectivity index (χ0) is 25.2. The summed E-state index contributed by atoms with van der Waals surface area (Å²) in [5, 5.41) is 0.288. The number of carbonyl (C=O) groups excluding carboxylic acids is 3. The smallest absolute Gasteiger partial charge is 0.337 e. The second kappa shape index (κ2) is 12.5. The predicted molar refractivity (Wildman–Crippen MR) is 129 cm³/mol. The van der Waals surface area contributed by atoms with Gasteiger partial charge in [-0.1, -0.05) is 19.8 Å². The first-order valence-electron chi connectivity index (χ1n) is 11.4. The number of esters is 2. The number of benzene rings is 2. The van der Waals surface area contributed by atoms with E-state index < -0.39 is 17.5 Å². The van der Waals surface area contributed by atoms with E-state index in [1.807, 2.05) is 0 Å². The molecule has 0 unspecified atom stereocenters. The number of carbonyl (C=O) groups is 3. The lowest BCUT2D eigenvalue weighted by Gasteiger charge is -2.07. The number of unbranched alkanes of at least 4 members (excludes halogenated alkanes) is 2. The Morgan fingerprint density at radius 3 is 2.43 bits per heavy atom. The molecule has 184 valence electrons. The quantitative estimate of drug-likeness (QED) is 0.234. The maximum Gasteiger partial charge on any atom is 0.337 e. The van der Waals surface area contributed by atoms with E-state index in [1.165, 1.54) is 25.3 Å². The Kier molecular flexibility index (Phi) is 9.11. The summed E-state index contributed by atoms with van der Waals surface area (Å²) < 4.78 is 15.5. The predicted octanol–water partition coefficient (Wildman–Crippen LogP) is 3.99. The molecule has 0 spiro atoms. The number of Topliss-reactive ketones (excluding diaryl/α,β-unsaturated/α-hetero) is 1. The number of hydrogen-bond donors (Lipinski definition) is 1. The van der Waals surface area contributed by atoms with Gasteiger partial charge in [-0.3, -0.25) is 14.4 Å². The second-order valence-electron chi connectivity index (χ2n) is 7.90. The van der Waals surface area contributed by atoms with Crippen LogP contribution in [-0.4, -0.2) is 41.4 Å². The summed E-state index contributed by atoms with van der Waals surface area (Å²) in [5.74, 6) is -0.514. The number of aromatic nitrogens is 2. The Balaban J connectivity index is 1.51. The molecule has 0 aliphatic heterocycles. The van der Waals surface area contributed by atoms with Gasteiger partial charge in [-0.2, -0.15) is 0 Å². The zero-order valence-corrected chi connectivity index (χ0v) is 19.8. The number of aromatic amines is 1. The average Bonchev–Trinajstić information content (AvgIpc) is 2.88. The lowest BCUT2D eigenvalue weighted by molar-refractivity contribution is -0.145. The van der Waals surface area contributed by atoms with Crippen molar-refractivity contribution >= 4 is 28.6 Å². The van der Waals surface area contributed by atoms with Crippen molar-refractivity contribution in [1.29, 1.82) is 0 Å². The van der Waals surface area contributed by atoms with E-state index in [0.29, 0.717) is 17.9 Å². The number of nitrogens with zero attached hydrogens (tertiary/aromatic N) is 1. The van der Waals surface area contributed by atoms with Gasteiger partial charge in [-0.15, -0.1) is 0 Å². The minimum absolute atomic E-state index is 0.0142. The molecular formula is C26H28N2O7. The highest BCUT2D eigenvalue weighted by Gasteiger charge is 2.13. The van der Waals surface area contributed by atoms with Crippen molar-refractivity contribution in [2.45, 2.75) is 45.6 Å². The van der Waals surface area contributed by atoms with Crippen LogP contribution in [0.2, 0.25) is 0 Å². The molecule has 1 heterocycles. The maximum absolute atomic E-state index is 12.4. The minimum atomic E-state index is -0.597. The Labute approximate surface area is 202 Å².